The van der Waals surface area contributed by atoms with Crippen molar-refractivity contribution in [1.29, 1.82) is 0 Å². The molecule has 0 radical (unpaired) electrons. The lowest BCUT2D eigenvalue weighted by molar-refractivity contribution is 0.0537. The lowest BCUT2D eigenvalue weighted by Gasteiger charge is -2.33. The van der Waals surface area contributed by atoms with Gasteiger partial charge in [-0.1, -0.05) is 29.8 Å². The van der Waals surface area contributed by atoms with E-state index < -0.39 is 0 Å². The van der Waals surface area contributed by atoms with Crippen LogP contribution in [0.4, 0.5) is 0 Å². The Morgan fingerprint density at radius 1 is 1.35 bits per heavy atom. The van der Waals surface area contributed by atoms with Gasteiger partial charge in [-0.3, -0.25) is 9.78 Å². The zero-order valence-corrected chi connectivity index (χ0v) is 13.8. The van der Waals surface area contributed by atoms with Gasteiger partial charge in [-0.15, -0.1) is 0 Å². The number of carbonyl (C=O) groups excluding carboxylic acids is 1. The maximum atomic E-state index is 12.7. The summed E-state index contributed by atoms with van der Waals surface area (Å²) in [6, 6.07) is 9.43. The van der Waals surface area contributed by atoms with Gasteiger partial charge in [0.2, 0.25) is 0 Å². The average Bonchev–Trinajstić information content (AvgIpc) is 2.57. The highest BCUT2D eigenvalue weighted by Gasteiger charge is 2.26. The van der Waals surface area contributed by atoms with Crippen LogP contribution in [-0.2, 0) is 0 Å². The number of halogens is 1. The largest absolute Gasteiger partial charge is 0.487 e. The standard InChI is InChI=1S/C18H19ClN2O2/c1-13-5-2-3-7-15(13)18(22)21-10-4-6-14(12-21)23-17-8-9-20-11-16(17)19/h2-3,5,7-9,11,14H,4,6,10,12H2,1H3/t14-/m1/s1. The number of hydrogen-bond donors (Lipinski definition) is 0. The molecule has 1 aromatic carbocycles. The molecule has 0 unspecified atom stereocenters. The van der Waals surface area contributed by atoms with Gasteiger partial charge in [-0.2, -0.15) is 0 Å². The number of nitrogens with zero attached hydrogens (tertiary/aromatic N) is 2. The van der Waals surface area contributed by atoms with Gasteiger partial charge in [-0.25, -0.2) is 0 Å². The van der Waals surface area contributed by atoms with Crippen molar-refractivity contribution in [2.45, 2.75) is 25.9 Å². The number of carbonyl (C=O) groups is 1. The van der Waals surface area contributed by atoms with Gasteiger partial charge in [-0.05, 0) is 31.4 Å². The average molecular weight is 331 g/mol. The smallest absolute Gasteiger partial charge is 0.254 e. The van der Waals surface area contributed by atoms with Crippen LogP contribution < -0.4 is 4.74 Å². The van der Waals surface area contributed by atoms with Crippen LogP contribution in [0.3, 0.4) is 0 Å². The number of ether oxygens (including phenoxy) is 1. The zero-order chi connectivity index (χ0) is 16.2. The predicted octanol–water partition coefficient (Wildman–Crippen LogP) is 3.73. The first kappa shape index (κ1) is 15.8. The fourth-order valence-electron chi connectivity index (χ4n) is 2.84. The zero-order valence-electron chi connectivity index (χ0n) is 13.0. The molecule has 0 bridgehead atoms. The van der Waals surface area contributed by atoms with Crippen LogP contribution in [0.2, 0.25) is 5.02 Å². The highest BCUT2D eigenvalue weighted by molar-refractivity contribution is 6.31. The molecule has 23 heavy (non-hydrogen) atoms. The quantitative estimate of drug-likeness (QED) is 0.861. The summed E-state index contributed by atoms with van der Waals surface area (Å²) in [4.78, 5) is 18.5. The van der Waals surface area contributed by atoms with Gasteiger partial charge < -0.3 is 9.64 Å². The Kier molecular flexibility index (Phi) is 4.82. The second kappa shape index (κ2) is 7.01. The first-order chi connectivity index (χ1) is 11.1. The summed E-state index contributed by atoms with van der Waals surface area (Å²) in [5, 5.41) is 0.495. The maximum Gasteiger partial charge on any atom is 0.254 e. The Hall–Kier alpha value is -2.07. The number of piperidine rings is 1. The second-order valence-corrected chi connectivity index (χ2v) is 6.16. The van der Waals surface area contributed by atoms with Crippen molar-refractivity contribution in [3.63, 3.8) is 0 Å². The third kappa shape index (κ3) is 3.64. The SMILES string of the molecule is Cc1ccccc1C(=O)N1CCC[C@@H](Oc2ccncc2Cl)C1. The summed E-state index contributed by atoms with van der Waals surface area (Å²) >= 11 is 6.09. The van der Waals surface area contributed by atoms with Gasteiger partial charge in [0.1, 0.15) is 16.9 Å². The molecule has 0 N–H and O–H groups in total. The van der Waals surface area contributed by atoms with E-state index in [0.29, 0.717) is 17.3 Å². The summed E-state index contributed by atoms with van der Waals surface area (Å²) in [5.41, 5.74) is 1.76. The van der Waals surface area contributed by atoms with Crippen molar-refractivity contribution in [3.8, 4) is 5.75 Å². The summed E-state index contributed by atoms with van der Waals surface area (Å²) < 4.78 is 5.97. The van der Waals surface area contributed by atoms with Gasteiger partial charge >= 0.3 is 0 Å². The van der Waals surface area contributed by atoms with Gasteiger partial charge in [0, 0.05) is 30.6 Å². The van der Waals surface area contributed by atoms with E-state index in [1.807, 2.05) is 36.1 Å². The third-order valence-corrected chi connectivity index (χ3v) is 4.35. The van der Waals surface area contributed by atoms with Crippen LogP contribution in [0.5, 0.6) is 5.75 Å². The fourth-order valence-corrected chi connectivity index (χ4v) is 3.00. The number of amides is 1. The fraction of sp³-hybridized carbons (Fsp3) is 0.333. The molecule has 1 aromatic heterocycles. The topological polar surface area (TPSA) is 42.4 Å². The second-order valence-electron chi connectivity index (χ2n) is 5.75. The van der Waals surface area contributed by atoms with E-state index in [0.717, 1.165) is 30.5 Å². The first-order valence-corrected chi connectivity index (χ1v) is 8.14. The Bertz CT molecular complexity index is 705. The monoisotopic (exact) mass is 330 g/mol. The molecule has 1 fully saturated rings. The summed E-state index contributed by atoms with van der Waals surface area (Å²) in [5.74, 6) is 0.689. The van der Waals surface area contributed by atoms with Crippen molar-refractivity contribution < 1.29 is 9.53 Å². The molecule has 0 aliphatic carbocycles. The van der Waals surface area contributed by atoms with E-state index in [1.54, 1.807) is 18.5 Å². The maximum absolute atomic E-state index is 12.7. The van der Waals surface area contributed by atoms with Gasteiger partial charge in [0.05, 0.1) is 6.54 Å². The number of hydrogen-bond acceptors (Lipinski definition) is 3. The Labute approximate surface area is 141 Å². The van der Waals surface area contributed by atoms with Gasteiger partial charge in [0.15, 0.2) is 0 Å². The Morgan fingerprint density at radius 3 is 2.96 bits per heavy atom. The van der Waals surface area contributed by atoms with Crippen molar-refractivity contribution in [3.05, 3.63) is 58.9 Å². The van der Waals surface area contributed by atoms with E-state index in [1.165, 1.54) is 0 Å². The van der Waals surface area contributed by atoms with Gasteiger partial charge in [0.25, 0.3) is 5.91 Å². The summed E-state index contributed by atoms with van der Waals surface area (Å²) in [7, 11) is 0. The number of likely N-dealkylation sites (tertiary alicyclic amines) is 1. The highest BCUT2D eigenvalue weighted by atomic mass is 35.5. The lowest BCUT2D eigenvalue weighted by Crippen LogP contribution is -2.44. The van der Waals surface area contributed by atoms with Crippen LogP contribution in [0.15, 0.2) is 42.7 Å². The summed E-state index contributed by atoms with van der Waals surface area (Å²) in [6.45, 7) is 3.30. The van der Waals surface area contributed by atoms with Crippen LogP contribution in [0, 0.1) is 6.92 Å². The Morgan fingerprint density at radius 2 is 2.17 bits per heavy atom. The normalized spacial score (nSPS) is 17.8. The molecular formula is C18H19ClN2O2. The molecule has 2 aromatic rings. The molecule has 1 aliphatic heterocycles. The van der Waals surface area contributed by atoms with E-state index >= 15 is 0 Å². The van der Waals surface area contributed by atoms with E-state index in [9.17, 15) is 4.79 Å². The molecule has 5 heteroatoms. The molecule has 120 valence electrons. The van der Waals surface area contributed by atoms with Crippen molar-refractivity contribution in [1.82, 2.24) is 9.88 Å². The highest BCUT2D eigenvalue weighted by Crippen LogP contribution is 2.26. The molecule has 2 heterocycles. The number of rotatable bonds is 3. The molecule has 3 rings (SSSR count). The van der Waals surface area contributed by atoms with Crippen LogP contribution in [0.1, 0.15) is 28.8 Å². The minimum Gasteiger partial charge on any atom is -0.487 e. The predicted molar refractivity (Wildman–Crippen MR) is 90.0 cm³/mol. The van der Waals surface area contributed by atoms with Crippen LogP contribution >= 0.6 is 11.6 Å². The minimum atomic E-state index is -0.0448. The summed E-state index contributed by atoms with van der Waals surface area (Å²) in [6.07, 6.45) is 5.01. The number of aryl methyl sites for hydroxylation is 1. The number of benzene rings is 1. The molecule has 1 saturated heterocycles. The molecule has 1 atom stereocenters. The molecule has 1 amide bonds. The first-order valence-electron chi connectivity index (χ1n) is 7.76. The molecule has 4 nitrogen and oxygen atoms in total. The number of pyridine rings is 1. The molecule has 1 aliphatic rings. The van der Waals surface area contributed by atoms with E-state index in [-0.39, 0.29) is 12.0 Å². The van der Waals surface area contributed by atoms with Crippen LogP contribution in [0.25, 0.3) is 0 Å². The van der Waals surface area contributed by atoms with Crippen molar-refractivity contribution in [2.24, 2.45) is 0 Å². The third-order valence-electron chi connectivity index (χ3n) is 4.07. The van der Waals surface area contributed by atoms with E-state index in [2.05, 4.69) is 4.98 Å². The van der Waals surface area contributed by atoms with E-state index in [4.69, 9.17) is 16.3 Å². The number of aromatic nitrogens is 1. The minimum absolute atomic E-state index is 0.0448. The lowest BCUT2D eigenvalue weighted by atomic mass is 10.0. The Balaban J connectivity index is 1.70. The van der Waals surface area contributed by atoms with Crippen molar-refractivity contribution >= 4 is 17.5 Å². The van der Waals surface area contributed by atoms with Crippen molar-refractivity contribution in [2.75, 3.05) is 13.1 Å². The molecule has 0 spiro atoms. The molecular weight excluding hydrogens is 312 g/mol. The van der Waals surface area contributed by atoms with Crippen LogP contribution in [-0.4, -0.2) is 35.0 Å². The molecule has 0 saturated carbocycles.